The fourth-order valence-electron chi connectivity index (χ4n) is 3.35. The van der Waals surface area contributed by atoms with Crippen LogP contribution < -0.4 is 0 Å². The van der Waals surface area contributed by atoms with Crippen molar-refractivity contribution in [2.24, 2.45) is 5.41 Å². The molecule has 2 heterocycles. The third-order valence-electron chi connectivity index (χ3n) is 4.46. The molecule has 3 heteroatoms. The van der Waals surface area contributed by atoms with Crippen LogP contribution in [0.1, 0.15) is 46.0 Å². The van der Waals surface area contributed by atoms with Gasteiger partial charge in [0.15, 0.2) is 0 Å². The van der Waals surface area contributed by atoms with E-state index in [-0.39, 0.29) is 5.97 Å². The minimum Gasteiger partial charge on any atom is -0.426 e. The number of ether oxygens (including phenoxy) is 2. The Morgan fingerprint density at radius 1 is 1.25 bits per heavy atom. The summed E-state index contributed by atoms with van der Waals surface area (Å²) >= 11 is 0. The highest BCUT2D eigenvalue weighted by atomic mass is 16.7. The topological polar surface area (TPSA) is 35.5 Å². The van der Waals surface area contributed by atoms with Crippen LogP contribution in [-0.4, -0.2) is 18.4 Å². The Morgan fingerprint density at radius 2 is 1.94 bits per heavy atom. The van der Waals surface area contributed by atoms with Crippen molar-refractivity contribution in [1.82, 2.24) is 0 Å². The lowest BCUT2D eigenvalue weighted by molar-refractivity contribution is -0.218. The standard InChI is InChI=1S/C13H18O3/c1-9-10-7-13(5-3-4-6-13)8-15-12(10,2)16-11(9)14/h3-8H2,1-2H3/t12-/m0/s1. The van der Waals surface area contributed by atoms with Crippen LogP contribution in [0.4, 0.5) is 0 Å². The summed E-state index contributed by atoms with van der Waals surface area (Å²) in [6.07, 6.45) is 6.03. The smallest absolute Gasteiger partial charge is 0.336 e. The third kappa shape index (κ3) is 1.27. The minimum atomic E-state index is -0.755. The molecular formula is C13H18O3. The Kier molecular flexibility index (Phi) is 2.00. The molecule has 1 saturated heterocycles. The van der Waals surface area contributed by atoms with Crippen molar-refractivity contribution in [2.45, 2.75) is 51.7 Å². The van der Waals surface area contributed by atoms with Crippen molar-refractivity contribution >= 4 is 5.97 Å². The molecule has 1 atom stereocenters. The quantitative estimate of drug-likeness (QED) is 0.591. The van der Waals surface area contributed by atoms with Gasteiger partial charge in [-0.1, -0.05) is 12.8 Å². The first-order chi connectivity index (χ1) is 7.55. The Balaban J connectivity index is 1.95. The minimum absolute atomic E-state index is 0.201. The Hall–Kier alpha value is -0.830. The van der Waals surface area contributed by atoms with Crippen LogP contribution in [0.2, 0.25) is 0 Å². The Labute approximate surface area is 95.8 Å². The highest BCUT2D eigenvalue weighted by Crippen LogP contribution is 2.52. The molecule has 0 N–H and O–H groups in total. The molecule has 0 aromatic heterocycles. The molecule has 1 spiro atoms. The number of hydrogen-bond acceptors (Lipinski definition) is 3. The summed E-state index contributed by atoms with van der Waals surface area (Å²) in [6.45, 7) is 4.48. The number of carbonyl (C=O) groups excluding carboxylic acids is 1. The molecule has 88 valence electrons. The van der Waals surface area contributed by atoms with Gasteiger partial charge in [0.25, 0.3) is 0 Å². The fraction of sp³-hybridized carbons (Fsp3) is 0.769. The molecule has 0 aromatic rings. The molecule has 3 nitrogen and oxygen atoms in total. The maximum Gasteiger partial charge on any atom is 0.336 e. The van der Waals surface area contributed by atoms with E-state index in [9.17, 15) is 4.79 Å². The van der Waals surface area contributed by atoms with E-state index in [0.29, 0.717) is 5.41 Å². The zero-order chi connectivity index (χ0) is 11.4. The predicted octanol–water partition coefficient (Wildman–Crippen LogP) is 2.56. The highest BCUT2D eigenvalue weighted by molar-refractivity contribution is 5.92. The van der Waals surface area contributed by atoms with Gasteiger partial charge in [-0.3, -0.25) is 0 Å². The van der Waals surface area contributed by atoms with Gasteiger partial charge in [-0.2, -0.15) is 0 Å². The number of rotatable bonds is 0. The van der Waals surface area contributed by atoms with E-state index in [1.54, 1.807) is 0 Å². The van der Waals surface area contributed by atoms with E-state index >= 15 is 0 Å². The fourth-order valence-corrected chi connectivity index (χ4v) is 3.35. The maximum atomic E-state index is 11.6. The second-order valence-corrected chi connectivity index (χ2v) is 5.61. The SMILES string of the molecule is CC1=C2CC3(CCCC3)CO[C@@]2(C)OC1=O. The molecule has 0 amide bonds. The van der Waals surface area contributed by atoms with Gasteiger partial charge in [0.2, 0.25) is 5.79 Å². The van der Waals surface area contributed by atoms with E-state index < -0.39 is 5.79 Å². The second-order valence-electron chi connectivity index (χ2n) is 5.61. The van der Waals surface area contributed by atoms with Gasteiger partial charge >= 0.3 is 5.97 Å². The lowest BCUT2D eigenvalue weighted by Gasteiger charge is -2.41. The largest absolute Gasteiger partial charge is 0.426 e. The lowest BCUT2D eigenvalue weighted by atomic mass is 9.76. The van der Waals surface area contributed by atoms with Crippen LogP contribution >= 0.6 is 0 Å². The molecule has 2 aliphatic heterocycles. The van der Waals surface area contributed by atoms with Gasteiger partial charge in [0.05, 0.1) is 6.61 Å². The number of hydrogen-bond donors (Lipinski definition) is 0. The first kappa shape index (κ1) is 10.3. The van der Waals surface area contributed by atoms with Gasteiger partial charge < -0.3 is 9.47 Å². The first-order valence-corrected chi connectivity index (χ1v) is 6.12. The van der Waals surface area contributed by atoms with Gasteiger partial charge in [0.1, 0.15) is 0 Å². The van der Waals surface area contributed by atoms with Crippen molar-refractivity contribution < 1.29 is 14.3 Å². The van der Waals surface area contributed by atoms with Crippen LogP contribution in [0.25, 0.3) is 0 Å². The zero-order valence-electron chi connectivity index (χ0n) is 9.97. The van der Waals surface area contributed by atoms with Crippen molar-refractivity contribution in [2.75, 3.05) is 6.61 Å². The lowest BCUT2D eigenvalue weighted by Crippen LogP contribution is -2.43. The average molecular weight is 222 g/mol. The summed E-state index contributed by atoms with van der Waals surface area (Å²) in [7, 11) is 0. The van der Waals surface area contributed by atoms with Crippen LogP contribution in [0, 0.1) is 5.41 Å². The molecule has 0 bridgehead atoms. The zero-order valence-corrected chi connectivity index (χ0v) is 9.97. The van der Waals surface area contributed by atoms with E-state index in [1.165, 1.54) is 25.7 Å². The predicted molar refractivity (Wildman–Crippen MR) is 58.7 cm³/mol. The maximum absolute atomic E-state index is 11.6. The average Bonchev–Trinajstić information content (AvgIpc) is 2.77. The molecule has 1 aliphatic carbocycles. The Morgan fingerprint density at radius 3 is 2.62 bits per heavy atom. The summed E-state index contributed by atoms with van der Waals surface area (Å²) in [5.74, 6) is -0.956. The van der Waals surface area contributed by atoms with Gasteiger partial charge in [-0.05, 0) is 31.6 Å². The molecule has 1 saturated carbocycles. The number of carbonyl (C=O) groups is 1. The normalized spacial score (nSPS) is 36.8. The van der Waals surface area contributed by atoms with Gasteiger partial charge in [-0.15, -0.1) is 0 Å². The molecule has 2 fully saturated rings. The summed E-state index contributed by atoms with van der Waals surface area (Å²) in [5.41, 5.74) is 2.16. The van der Waals surface area contributed by atoms with E-state index in [0.717, 1.165) is 24.2 Å². The van der Waals surface area contributed by atoms with Gasteiger partial charge in [0, 0.05) is 18.1 Å². The summed E-state index contributed by atoms with van der Waals surface area (Å²) in [4.78, 5) is 11.6. The first-order valence-electron chi connectivity index (χ1n) is 6.12. The monoisotopic (exact) mass is 222 g/mol. The second kappa shape index (κ2) is 3.10. The van der Waals surface area contributed by atoms with E-state index in [4.69, 9.17) is 9.47 Å². The highest BCUT2D eigenvalue weighted by Gasteiger charge is 2.52. The molecule has 3 aliphatic rings. The van der Waals surface area contributed by atoms with E-state index in [2.05, 4.69) is 0 Å². The number of fused-ring (bicyclic) bond motifs is 1. The van der Waals surface area contributed by atoms with E-state index in [1.807, 2.05) is 13.8 Å². The van der Waals surface area contributed by atoms with Crippen LogP contribution in [0.15, 0.2) is 11.1 Å². The molecule has 0 unspecified atom stereocenters. The third-order valence-corrected chi connectivity index (χ3v) is 4.46. The van der Waals surface area contributed by atoms with Crippen molar-refractivity contribution in [3.05, 3.63) is 11.1 Å². The molecule has 0 aromatic carbocycles. The van der Waals surface area contributed by atoms with Crippen LogP contribution in [-0.2, 0) is 14.3 Å². The van der Waals surface area contributed by atoms with Crippen molar-refractivity contribution in [3.8, 4) is 0 Å². The summed E-state index contributed by atoms with van der Waals surface area (Å²) in [6, 6.07) is 0. The Bertz CT molecular complexity index is 377. The summed E-state index contributed by atoms with van der Waals surface area (Å²) in [5, 5.41) is 0. The van der Waals surface area contributed by atoms with Crippen LogP contribution in [0.3, 0.4) is 0 Å². The van der Waals surface area contributed by atoms with Gasteiger partial charge in [-0.25, -0.2) is 4.79 Å². The molecule has 3 rings (SSSR count). The molecule has 16 heavy (non-hydrogen) atoms. The van der Waals surface area contributed by atoms with Crippen molar-refractivity contribution in [1.29, 1.82) is 0 Å². The summed E-state index contributed by atoms with van der Waals surface area (Å²) < 4.78 is 11.2. The van der Waals surface area contributed by atoms with Crippen molar-refractivity contribution in [3.63, 3.8) is 0 Å². The molecular weight excluding hydrogens is 204 g/mol. The van der Waals surface area contributed by atoms with Crippen LogP contribution in [0.5, 0.6) is 0 Å². The molecule has 0 radical (unpaired) electrons. The number of esters is 1.